The lowest BCUT2D eigenvalue weighted by molar-refractivity contribution is -0.118. The van der Waals surface area contributed by atoms with Crippen LogP contribution in [0, 0.1) is 13.8 Å². The van der Waals surface area contributed by atoms with E-state index in [9.17, 15) is 13.2 Å². The average Bonchev–Trinajstić information content (AvgIpc) is 2.81. The number of benzene rings is 1. The van der Waals surface area contributed by atoms with Gasteiger partial charge >= 0.3 is 0 Å². The maximum absolute atomic E-state index is 12.1. The summed E-state index contributed by atoms with van der Waals surface area (Å²) in [4.78, 5) is 16.8. The monoisotopic (exact) mass is 353 g/mol. The maximum Gasteiger partial charge on any atom is 0.291 e. The Kier molecular flexibility index (Phi) is 5.51. The third-order valence-electron chi connectivity index (χ3n) is 3.31. The molecular formula is C15H19N3O3S2. The molecule has 0 aliphatic heterocycles. The Bertz CT molecular complexity index is 776. The van der Waals surface area contributed by atoms with Crippen molar-refractivity contribution in [3.8, 4) is 0 Å². The highest BCUT2D eigenvalue weighted by Gasteiger charge is 2.22. The van der Waals surface area contributed by atoms with Gasteiger partial charge in [0.05, 0.1) is 12.1 Å². The molecule has 1 aromatic heterocycles. The van der Waals surface area contributed by atoms with E-state index in [0.717, 1.165) is 33.8 Å². The van der Waals surface area contributed by atoms with Crippen LogP contribution in [-0.2, 0) is 27.7 Å². The van der Waals surface area contributed by atoms with Gasteiger partial charge in [0.15, 0.2) is 0 Å². The number of rotatable bonds is 6. The topological polar surface area (TPSA) is 102 Å². The van der Waals surface area contributed by atoms with E-state index >= 15 is 0 Å². The number of aryl methyl sites for hydroxylation is 2. The molecule has 6 nitrogen and oxygen atoms in total. The van der Waals surface area contributed by atoms with E-state index < -0.39 is 15.9 Å². The van der Waals surface area contributed by atoms with Crippen molar-refractivity contribution in [2.24, 2.45) is 5.73 Å². The van der Waals surface area contributed by atoms with Crippen LogP contribution in [0.2, 0.25) is 0 Å². The first kappa shape index (κ1) is 17.6. The first-order chi connectivity index (χ1) is 10.8. The zero-order valence-electron chi connectivity index (χ0n) is 13.0. The Morgan fingerprint density at radius 2 is 1.83 bits per heavy atom. The Balaban J connectivity index is 2.03. The SMILES string of the molecule is Cc1nc(S(=O)(=O)NC(=O)Cc2ccc(CCN)cc2)sc1C. The van der Waals surface area contributed by atoms with Crippen LogP contribution in [0.1, 0.15) is 21.7 Å². The molecule has 0 aliphatic rings. The minimum Gasteiger partial charge on any atom is -0.330 e. The Labute approximate surface area is 139 Å². The quantitative estimate of drug-likeness (QED) is 0.815. The number of nitrogens with one attached hydrogen (secondary N) is 1. The number of sulfonamides is 1. The second-order valence-electron chi connectivity index (χ2n) is 5.18. The first-order valence-electron chi connectivity index (χ1n) is 7.09. The van der Waals surface area contributed by atoms with Crippen LogP contribution in [0.4, 0.5) is 0 Å². The lowest BCUT2D eigenvalue weighted by Gasteiger charge is -2.05. The number of amides is 1. The highest BCUT2D eigenvalue weighted by Crippen LogP contribution is 2.20. The van der Waals surface area contributed by atoms with Crippen molar-refractivity contribution in [3.05, 3.63) is 46.0 Å². The fourth-order valence-corrected chi connectivity index (χ4v) is 4.26. The Morgan fingerprint density at radius 3 is 2.35 bits per heavy atom. The van der Waals surface area contributed by atoms with Gasteiger partial charge < -0.3 is 5.73 Å². The molecule has 2 rings (SSSR count). The van der Waals surface area contributed by atoms with Crippen molar-refractivity contribution in [1.29, 1.82) is 0 Å². The highest BCUT2D eigenvalue weighted by atomic mass is 32.2. The molecule has 0 aliphatic carbocycles. The Morgan fingerprint density at radius 1 is 1.22 bits per heavy atom. The molecule has 1 aromatic carbocycles. The molecule has 2 aromatic rings. The molecular weight excluding hydrogens is 334 g/mol. The van der Waals surface area contributed by atoms with Crippen LogP contribution in [0.5, 0.6) is 0 Å². The fourth-order valence-electron chi connectivity index (χ4n) is 1.96. The highest BCUT2D eigenvalue weighted by molar-refractivity contribution is 7.92. The minimum atomic E-state index is -3.91. The van der Waals surface area contributed by atoms with Crippen LogP contribution >= 0.6 is 11.3 Å². The molecule has 0 unspecified atom stereocenters. The van der Waals surface area contributed by atoms with Gasteiger partial charge in [0, 0.05) is 4.88 Å². The number of thiazole rings is 1. The minimum absolute atomic E-state index is 0.00846. The third kappa shape index (κ3) is 4.60. The average molecular weight is 353 g/mol. The number of nitrogens with two attached hydrogens (primary N) is 1. The molecule has 0 spiro atoms. The zero-order valence-corrected chi connectivity index (χ0v) is 14.6. The zero-order chi connectivity index (χ0) is 17.0. The predicted octanol–water partition coefficient (Wildman–Crippen LogP) is 1.31. The van der Waals surface area contributed by atoms with Gasteiger partial charge in [-0.1, -0.05) is 24.3 Å². The Hall–Kier alpha value is -1.77. The molecule has 124 valence electrons. The molecule has 1 heterocycles. The van der Waals surface area contributed by atoms with Gasteiger partial charge in [0.2, 0.25) is 10.2 Å². The summed E-state index contributed by atoms with van der Waals surface area (Å²) in [7, 11) is -3.91. The van der Waals surface area contributed by atoms with Crippen molar-refractivity contribution in [1.82, 2.24) is 9.71 Å². The predicted molar refractivity (Wildman–Crippen MR) is 89.8 cm³/mol. The van der Waals surface area contributed by atoms with Crippen LogP contribution in [0.15, 0.2) is 28.6 Å². The van der Waals surface area contributed by atoms with Crippen molar-refractivity contribution < 1.29 is 13.2 Å². The summed E-state index contributed by atoms with van der Waals surface area (Å²) in [5.41, 5.74) is 7.95. The van der Waals surface area contributed by atoms with Crippen molar-refractivity contribution in [3.63, 3.8) is 0 Å². The van der Waals surface area contributed by atoms with E-state index in [2.05, 4.69) is 9.71 Å². The van der Waals surface area contributed by atoms with Crippen molar-refractivity contribution in [2.75, 3.05) is 6.54 Å². The number of carbonyl (C=O) groups excluding carboxylic acids is 1. The molecule has 0 fully saturated rings. The molecule has 0 bridgehead atoms. The molecule has 0 saturated carbocycles. The fraction of sp³-hybridized carbons (Fsp3) is 0.333. The second kappa shape index (κ2) is 7.20. The first-order valence-corrected chi connectivity index (χ1v) is 9.39. The molecule has 0 atom stereocenters. The molecule has 3 N–H and O–H groups in total. The number of carbonyl (C=O) groups is 1. The van der Waals surface area contributed by atoms with Crippen LogP contribution in [0.25, 0.3) is 0 Å². The van der Waals surface area contributed by atoms with E-state index in [1.807, 2.05) is 12.1 Å². The van der Waals surface area contributed by atoms with Crippen molar-refractivity contribution >= 4 is 27.3 Å². The summed E-state index contributed by atoms with van der Waals surface area (Å²) in [6.07, 6.45) is 0.759. The molecule has 23 heavy (non-hydrogen) atoms. The second-order valence-corrected chi connectivity index (χ2v) is 8.24. The van der Waals surface area contributed by atoms with Crippen molar-refractivity contribution in [2.45, 2.75) is 31.0 Å². The van der Waals surface area contributed by atoms with Crippen LogP contribution in [0.3, 0.4) is 0 Å². The smallest absolute Gasteiger partial charge is 0.291 e. The van der Waals surface area contributed by atoms with E-state index in [1.54, 1.807) is 26.0 Å². The lowest BCUT2D eigenvalue weighted by Crippen LogP contribution is -2.31. The summed E-state index contributed by atoms with van der Waals surface area (Å²) in [5, 5.41) is 0. The molecule has 0 saturated heterocycles. The van der Waals surface area contributed by atoms with E-state index in [-0.39, 0.29) is 10.8 Å². The van der Waals surface area contributed by atoms with Gasteiger partial charge in [0.25, 0.3) is 10.0 Å². The van der Waals surface area contributed by atoms with Gasteiger partial charge in [-0.3, -0.25) is 4.79 Å². The van der Waals surface area contributed by atoms with Gasteiger partial charge in [-0.25, -0.2) is 9.71 Å². The molecule has 1 amide bonds. The van der Waals surface area contributed by atoms with Gasteiger partial charge in [-0.05, 0) is 37.9 Å². The molecule has 8 heteroatoms. The number of hydrogen-bond donors (Lipinski definition) is 2. The van der Waals surface area contributed by atoms with Gasteiger partial charge in [-0.2, -0.15) is 8.42 Å². The summed E-state index contributed by atoms with van der Waals surface area (Å²) in [6.45, 7) is 4.08. The summed E-state index contributed by atoms with van der Waals surface area (Å²) in [6, 6.07) is 7.37. The summed E-state index contributed by atoms with van der Waals surface area (Å²) in [5.74, 6) is -0.581. The van der Waals surface area contributed by atoms with E-state index in [0.29, 0.717) is 12.2 Å². The van der Waals surface area contributed by atoms with Crippen LogP contribution in [-0.4, -0.2) is 25.9 Å². The summed E-state index contributed by atoms with van der Waals surface area (Å²) >= 11 is 1.05. The third-order valence-corrected chi connectivity index (χ3v) is 6.13. The largest absolute Gasteiger partial charge is 0.330 e. The van der Waals surface area contributed by atoms with E-state index in [1.165, 1.54) is 0 Å². The lowest BCUT2D eigenvalue weighted by atomic mass is 10.1. The van der Waals surface area contributed by atoms with Gasteiger partial charge in [-0.15, -0.1) is 11.3 Å². The van der Waals surface area contributed by atoms with E-state index in [4.69, 9.17) is 5.73 Å². The standard InChI is InChI=1S/C15H19N3O3S2/c1-10-11(2)22-15(17-10)23(20,21)18-14(19)9-13-5-3-12(4-6-13)7-8-16/h3-6H,7-9,16H2,1-2H3,(H,18,19). The van der Waals surface area contributed by atoms with Gasteiger partial charge in [0.1, 0.15) is 0 Å². The summed E-state index contributed by atoms with van der Waals surface area (Å²) < 4.78 is 26.3. The number of nitrogens with zero attached hydrogens (tertiary/aromatic N) is 1. The maximum atomic E-state index is 12.1. The number of aromatic nitrogens is 1. The normalized spacial score (nSPS) is 11.4. The number of hydrogen-bond acceptors (Lipinski definition) is 6. The molecule has 0 radical (unpaired) electrons. The van der Waals surface area contributed by atoms with Crippen LogP contribution < -0.4 is 10.5 Å².